The third-order valence-electron chi connectivity index (χ3n) is 13.8. The zero-order valence-electron chi connectivity index (χ0n) is 37.8. The van der Waals surface area contributed by atoms with Gasteiger partial charge in [0.05, 0.1) is 39.3 Å². The van der Waals surface area contributed by atoms with E-state index in [-0.39, 0.29) is 29.7 Å². The Hall–Kier alpha value is -2.20. The number of nitrogens with one attached hydrogen (secondary N) is 2. The first-order chi connectivity index (χ1) is 27.5. The summed E-state index contributed by atoms with van der Waals surface area (Å²) >= 11 is 0. The van der Waals surface area contributed by atoms with Gasteiger partial charge < -0.3 is 29.6 Å². The largest absolute Gasteiger partial charge is 0.468 e. The molecule has 4 aliphatic rings. The van der Waals surface area contributed by atoms with Gasteiger partial charge in [-0.3, -0.25) is 19.2 Å². The van der Waals surface area contributed by atoms with Crippen molar-refractivity contribution < 1.29 is 38.1 Å². The Bertz CT molecular complexity index is 1130. The van der Waals surface area contributed by atoms with Gasteiger partial charge in [-0.1, -0.05) is 81.1 Å². The molecule has 0 radical (unpaired) electrons. The second-order valence-electron chi connectivity index (χ2n) is 18.1. The van der Waals surface area contributed by atoms with Crippen LogP contribution in [0.4, 0.5) is 0 Å². The van der Waals surface area contributed by atoms with E-state index in [9.17, 15) is 19.2 Å². The number of carbonyl (C=O) groups is 4. The number of hydrogen-bond donors (Lipinski definition) is 2. The SMILES string of the molecule is CC.CCCCOC(=O)C(CC(=O)OCC1CCC(CCOC=O)CC1)NCC1(C)CC(C)CC1CC.CCCCOC(=O)CCNCC1(CC)CC2CCC1C2. The van der Waals surface area contributed by atoms with Crippen molar-refractivity contribution in [3.63, 3.8) is 0 Å². The number of fused-ring (bicyclic) bond motifs is 2. The summed E-state index contributed by atoms with van der Waals surface area (Å²) < 4.78 is 21.1. The van der Waals surface area contributed by atoms with Crippen LogP contribution >= 0.6 is 0 Å². The average molecular weight is 807 g/mol. The summed E-state index contributed by atoms with van der Waals surface area (Å²) in [5.74, 6) is 3.40. The van der Waals surface area contributed by atoms with Crippen molar-refractivity contribution in [2.24, 2.45) is 46.3 Å². The predicted octanol–water partition coefficient (Wildman–Crippen LogP) is 9.61. The third-order valence-corrected chi connectivity index (χ3v) is 13.8. The molecule has 332 valence electrons. The van der Waals surface area contributed by atoms with Crippen molar-refractivity contribution in [3.05, 3.63) is 0 Å². The van der Waals surface area contributed by atoms with Crippen molar-refractivity contribution in [3.8, 4) is 0 Å². The molecule has 57 heavy (non-hydrogen) atoms. The quantitative estimate of drug-likeness (QED) is 0.0398. The number of esters is 3. The maximum absolute atomic E-state index is 12.8. The molecule has 10 nitrogen and oxygen atoms in total. The van der Waals surface area contributed by atoms with Crippen LogP contribution in [0.5, 0.6) is 0 Å². The molecule has 0 saturated heterocycles. The van der Waals surface area contributed by atoms with Gasteiger partial charge in [-0.25, -0.2) is 0 Å². The van der Waals surface area contributed by atoms with Crippen LogP contribution in [0, 0.1) is 46.3 Å². The summed E-state index contributed by atoms with van der Waals surface area (Å²) in [6, 6.07) is -0.668. The fraction of sp³-hybridized carbons (Fsp3) is 0.915. The molecule has 0 heterocycles. The summed E-state index contributed by atoms with van der Waals surface area (Å²) in [5.41, 5.74) is 0.643. The number of hydrogen-bond acceptors (Lipinski definition) is 10. The highest BCUT2D eigenvalue weighted by Gasteiger charge is 2.49. The highest BCUT2D eigenvalue weighted by molar-refractivity contribution is 5.82. The summed E-state index contributed by atoms with van der Waals surface area (Å²) in [5, 5.41) is 6.93. The van der Waals surface area contributed by atoms with Gasteiger partial charge in [0.1, 0.15) is 6.04 Å². The standard InChI is InChI=1S/C28H49NO6.C17H31NO2.C2H6/c1-5-7-13-34-27(32)25(29-19-28(4)17-21(3)15-24(28)6-2)16-26(31)35-18-23-10-8-22(9-11-23)12-14-33-20-30;1-3-5-10-20-16(19)8-9-18-13-17(4-2)12-14-6-7-15(17)11-14;1-2/h20-25,29H,5-19H2,1-4H3;14-15,18H,3-13H2,1-2H3;1-2H3. The lowest BCUT2D eigenvalue weighted by Gasteiger charge is -2.37. The number of unbranched alkanes of at least 4 members (excludes halogenated alkanes) is 2. The van der Waals surface area contributed by atoms with Gasteiger partial charge in [0.15, 0.2) is 0 Å². The Morgan fingerprint density at radius 3 is 2.09 bits per heavy atom. The number of carbonyl (C=O) groups excluding carboxylic acids is 4. The molecule has 2 bridgehead atoms. The lowest BCUT2D eigenvalue weighted by atomic mass is 9.71. The maximum atomic E-state index is 12.8. The highest BCUT2D eigenvalue weighted by atomic mass is 16.5. The van der Waals surface area contributed by atoms with Gasteiger partial charge in [-0.15, -0.1) is 0 Å². The molecule has 7 unspecified atom stereocenters. The van der Waals surface area contributed by atoms with Crippen LogP contribution in [0.3, 0.4) is 0 Å². The Morgan fingerprint density at radius 2 is 1.49 bits per heavy atom. The minimum absolute atomic E-state index is 0.00572. The lowest BCUT2D eigenvalue weighted by molar-refractivity contribution is -0.154. The molecule has 2 N–H and O–H groups in total. The molecule has 0 aromatic rings. The Labute approximate surface area is 348 Å². The smallest absolute Gasteiger partial charge is 0.323 e. The molecule has 4 rings (SSSR count). The van der Waals surface area contributed by atoms with Crippen molar-refractivity contribution in [2.75, 3.05) is 46.1 Å². The average Bonchev–Trinajstić information content (AvgIpc) is 3.92. The Morgan fingerprint density at radius 1 is 0.807 bits per heavy atom. The fourth-order valence-corrected chi connectivity index (χ4v) is 10.4. The fourth-order valence-electron chi connectivity index (χ4n) is 10.4. The first-order valence-electron chi connectivity index (χ1n) is 23.5. The van der Waals surface area contributed by atoms with Gasteiger partial charge >= 0.3 is 17.9 Å². The monoisotopic (exact) mass is 807 g/mol. The Balaban J connectivity index is 0.000000430. The number of rotatable bonds is 25. The minimum atomic E-state index is -0.668. The van der Waals surface area contributed by atoms with E-state index in [1.54, 1.807) is 0 Å². The van der Waals surface area contributed by atoms with Gasteiger partial charge in [0.2, 0.25) is 0 Å². The molecular weight excluding hydrogens is 721 g/mol. The maximum Gasteiger partial charge on any atom is 0.323 e. The van der Waals surface area contributed by atoms with Gasteiger partial charge in [0.25, 0.3) is 6.47 Å². The van der Waals surface area contributed by atoms with Gasteiger partial charge in [-0.05, 0) is 130 Å². The van der Waals surface area contributed by atoms with Crippen molar-refractivity contribution in [2.45, 2.75) is 183 Å². The van der Waals surface area contributed by atoms with Crippen LogP contribution in [-0.4, -0.2) is 76.5 Å². The van der Waals surface area contributed by atoms with Crippen LogP contribution in [0.1, 0.15) is 177 Å². The van der Waals surface area contributed by atoms with E-state index in [1.807, 2.05) is 13.8 Å². The molecule has 4 saturated carbocycles. The second kappa shape index (κ2) is 28.3. The molecule has 10 heteroatoms. The summed E-state index contributed by atoms with van der Waals surface area (Å²) in [6.07, 6.45) is 19.9. The zero-order valence-corrected chi connectivity index (χ0v) is 37.8. The molecular formula is C47H86N2O8. The van der Waals surface area contributed by atoms with Crippen molar-refractivity contribution in [1.29, 1.82) is 0 Å². The van der Waals surface area contributed by atoms with Crippen LogP contribution in [-0.2, 0) is 38.1 Å². The Kier molecular flexibility index (Phi) is 25.3. The van der Waals surface area contributed by atoms with Crippen LogP contribution < -0.4 is 10.6 Å². The first-order valence-corrected chi connectivity index (χ1v) is 23.5. The molecule has 7 atom stereocenters. The second-order valence-corrected chi connectivity index (χ2v) is 18.1. The van der Waals surface area contributed by atoms with E-state index in [0.717, 1.165) is 95.6 Å². The van der Waals surface area contributed by atoms with Crippen LogP contribution in [0.15, 0.2) is 0 Å². The third kappa shape index (κ3) is 17.9. The topological polar surface area (TPSA) is 129 Å². The van der Waals surface area contributed by atoms with E-state index < -0.39 is 6.04 Å². The lowest BCUT2D eigenvalue weighted by Crippen LogP contribution is -2.46. The molecule has 4 fully saturated rings. The highest BCUT2D eigenvalue weighted by Crippen LogP contribution is 2.57. The van der Waals surface area contributed by atoms with Crippen LogP contribution in [0.2, 0.25) is 0 Å². The molecule has 0 amide bonds. The predicted molar refractivity (Wildman–Crippen MR) is 228 cm³/mol. The van der Waals surface area contributed by atoms with Crippen molar-refractivity contribution >= 4 is 24.4 Å². The van der Waals surface area contributed by atoms with Gasteiger partial charge in [-0.2, -0.15) is 0 Å². The molecule has 0 aliphatic heterocycles. The van der Waals surface area contributed by atoms with Crippen molar-refractivity contribution in [1.82, 2.24) is 10.6 Å². The van der Waals surface area contributed by atoms with E-state index in [1.165, 1.54) is 38.5 Å². The normalized spacial score (nSPS) is 29.3. The summed E-state index contributed by atoms with van der Waals surface area (Å²) in [4.78, 5) is 47.3. The first kappa shape index (κ1) is 50.9. The molecule has 4 aliphatic carbocycles. The summed E-state index contributed by atoms with van der Waals surface area (Å²) in [7, 11) is 0. The zero-order chi connectivity index (χ0) is 42.1. The van der Waals surface area contributed by atoms with Crippen LogP contribution in [0.25, 0.3) is 0 Å². The van der Waals surface area contributed by atoms with E-state index >= 15 is 0 Å². The number of ether oxygens (including phenoxy) is 4. The molecule has 0 aromatic heterocycles. The minimum Gasteiger partial charge on any atom is -0.468 e. The van der Waals surface area contributed by atoms with E-state index in [0.29, 0.717) is 75.0 Å². The summed E-state index contributed by atoms with van der Waals surface area (Å²) in [6.45, 7) is 22.3. The van der Waals surface area contributed by atoms with Gasteiger partial charge in [0, 0.05) is 19.6 Å². The van der Waals surface area contributed by atoms with E-state index in [4.69, 9.17) is 18.9 Å². The molecule has 0 spiro atoms. The van der Waals surface area contributed by atoms with E-state index in [2.05, 4.69) is 52.2 Å². The molecule has 0 aromatic carbocycles.